The maximum Gasteiger partial charge on any atom is 0.416 e. The molecule has 1 heterocycles. The Hall–Kier alpha value is -3.75. The second kappa shape index (κ2) is 12.0. The molecule has 0 saturated heterocycles. The number of aliphatic carboxylic acids is 1. The van der Waals surface area contributed by atoms with Gasteiger partial charge in [-0.25, -0.2) is 0 Å². The lowest BCUT2D eigenvalue weighted by Crippen LogP contribution is -2.28. The fourth-order valence-electron chi connectivity index (χ4n) is 4.92. The van der Waals surface area contributed by atoms with Gasteiger partial charge in [-0.3, -0.25) is 9.59 Å². The highest BCUT2D eigenvalue weighted by Gasteiger charge is 2.31. The molecule has 9 heteroatoms. The zero-order chi connectivity index (χ0) is 28.2. The number of carbonyl (C=O) groups is 2. The highest BCUT2D eigenvalue weighted by molar-refractivity contribution is 5.94. The molecule has 1 unspecified atom stereocenters. The van der Waals surface area contributed by atoms with Gasteiger partial charge in [0.2, 0.25) is 0 Å². The quantitative estimate of drug-likeness (QED) is 0.299. The SMILES string of the molecule is CC(Oc1ccc(C(=O)N(C)CCC(=O)O)cc1)c1cc(-c2ccc(C(F)(F)F)cc2)oc1C1CCCCC1. The average Bonchev–Trinajstić information content (AvgIpc) is 3.38. The smallest absolute Gasteiger partial charge is 0.416 e. The molecule has 0 spiro atoms. The van der Waals surface area contributed by atoms with Crippen molar-refractivity contribution in [3.63, 3.8) is 0 Å². The van der Waals surface area contributed by atoms with E-state index in [9.17, 15) is 22.8 Å². The van der Waals surface area contributed by atoms with Crippen LogP contribution in [0.3, 0.4) is 0 Å². The van der Waals surface area contributed by atoms with Crippen LogP contribution < -0.4 is 4.74 Å². The van der Waals surface area contributed by atoms with E-state index in [-0.39, 0.29) is 24.8 Å². The molecule has 1 atom stereocenters. The minimum atomic E-state index is -4.41. The first-order valence-corrected chi connectivity index (χ1v) is 13.1. The maximum atomic E-state index is 13.0. The molecule has 2 aromatic carbocycles. The summed E-state index contributed by atoms with van der Waals surface area (Å²) in [5.41, 5.74) is 1.12. The van der Waals surface area contributed by atoms with Gasteiger partial charge in [-0.2, -0.15) is 13.2 Å². The van der Waals surface area contributed by atoms with Crippen LogP contribution >= 0.6 is 0 Å². The van der Waals surface area contributed by atoms with E-state index in [1.165, 1.54) is 23.5 Å². The van der Waals surface area contributed by atoms with E-state index in [0.717, 1.165) is 49.1 Å². The highest BCUT2D eigenvalue weighted by Crippen LogP contribution is 2.41. The summed E-state index contributed by atoms with van der Waals surface area (Å²) in [5.74, 6) is 0.805. The van der Waals surface area contributed by atoms with Crippen LogP contribution in [-0.4, -0.2) is 35.5 Å². The van der Waals surface area contributed by atoms with Crippen molar-refractivity contribution in [1.82, 2.24) is 4.90 Å². The van der Waals surface area contributed by atoms with Crippen LogP contribution in [-0.2, 0) is 11.0 Å². The van der Waals surface area contributed by atoms with Crippen LogP contribution in [0.2, 0.25) is 0 Å². The molecular weight excluding hydrogens is 511 g/mol. The van der Waals surface area contributed by atoms with E-state index in [4.69, 9.17) is 14.3 Å². The van der Waals surface area contributed by atoms with E-state index in [1.807, 2.05) is 13.0 Å². The number of carboxylic acids is 1. The summed E-state index contributed by atoms with van der Waals surface area (Å²) < 4.78 is 51.6. The van der Waals surface area contributed by atoms with Gasteiger partial charge in [0.15, 0.2) is 0 Å². The van der Waals surface area contributed by atoms with Crippen molar-refractivity contribution in [3.8, 4) is 17.1 Å². The number of carboxylic acid groups (broad SMARTS) is 1. The second-order valence-corrected chi connectivity index (χ2v) is 10.00. The number of alkyl halides is 3. The molecule has 208 valence electrons. The first-order valence-electron chi connectivity index (χ1n) is 13.1. The number of hydrogen-bond acceptors (Lipinski definition) is 4. The van der Waals surface area contributed by atoms with Crippen molar-refractivity contribution in [2.45, 2.75) is 63.6 Å². The summed E-state index contributed by atoms with van der Waals surface area (Å²) in [5, 5.41) is 8.84. The van der Waals surface area contributed by atoms with Crippen molar-refractivity contribution < 1.29 is 37.0 Å². The minimum Gasteiger partial charge on any atom is -0.486 e. The Labute approximate surface area is 225 Å². The molecule has 1 amide bonds. The standard InChI is InChI=1S/C30H32F3NO5/c1-19(38-24-14-10-22(11-15-24)29(37)34(2)17-16-27(35)36)25-18-26(39-28(25)21-6-4-3-5-7-21)20-8-12-23(13-9-20)30(31,32)33/h8-15,18-19,21H,3-7,16-17H2,1-2H3,(H,35,36). The van der Waals surface area contributed by atoms with Crippen molar-refractivity contribution in [2.24, 2.45) is 0 Å². The highest BCUT2D eigenvalue weighted by atomic mass is 19.4. The van der Waals surface area contributed by atoms with Crippen LogP contribution in [0.5, 0.6) is 5.75 Å². The zero-order valence-corrected chi connectivity index (χ0v) is 22.0. The fraction of sp³-hybridized carbons (Fsp3) is 0.400. The first-order chi connectivity index (χ1) is 18.5. The molecule has 0 bridgehead atoms. The minimum absolute atomic E-state index is 0.106. The number of ether oxygens (including phenoxy) is 1. The predicted octanol–water partition coefficient (Wildman–Crippen LogP) is 7.70. The molecule has 1 aliphatic rings. The first kappa shape index (κ1) is 28.3. The summed E-state index contributed by atoms with van der Waals surface area (Å²) in [6.45, 7) is 2.00. The summed E-state index contributed by atoms with van der Waals surface area (Å²) in [6, 6.07) is 13.4. The second-order valence-electron chi connectivity index (χ2n) is 10.00. The molecule has 3 aromatic rings. The summed E-state index contributed by atoms with van der Waals surface area (Å²) in [6.07, 6.45) is 0.352. The van der Waals surface area contributed by atoms with Gasteiger partial charge < -0.3 is 19.2 Å². The summed E-state index contributed by atoms with van der Waals surface area (Å²) in [7, 11) is 1.55. The van der Waals surface area contributed by atoms with E-state index in [1.54, 1.807) is 31.3 Å². The number of rotatable bonds is 9. The van der Waals surface area contributed by atoms with Gasteiger partial charge in [0.05, 0.1) is 12.0 Å². The van der Waals surface area contributed by atoms with Crippen molar-refractivity contribution in [1.29, 1.82) is 0 Å². The normalized spacial score (nSPS) is 15.1. The average molecular weight is 544 g/mol. The van der Waals surface area contributed by atoms with Crippen LogP contribution in [0.1, 0.15) is 84.7 Å². The number of hydrogen-bond donors (Lipinski definition) is 1. The predicted molar refractivity (Wildman–Crippen MR) is 140 cm³/mol. The third kappa shape index (κ3) is 7.02. The molecule has 1 aliphatic carbocycles. The molecule has 1 aromatic heterocycles. The van der Waals surface area contributed by atoms with Crippen molar-refractivity contribution >= 4 is 11.9 Å². The molecule has 6 nitrogen and oxygen atoms in total. The largest absolute Gasteiger partial charge is 0.486 e. The van der Waals surface area contributed by atoms with E-state index in [2.05, 4.69) is 0 Å². The Morgan fingerprint density at radius 1 is 1.05 bits per heavy atom. The Balaban J connectivity index is 1.54. The number of furan rings is 1. The monoisotopic (exact) mass is 543 g/mol. The third-order valence-electron chi connectivity index (χ3n) is 7.12. The molecule has 4 rings (SSSR count). The zero-order valence-electron chi connectivity index (χ0n) is 22.0. The molecule has 1 saturated carbocycles. The van der Waals surface area contributed by atoms with Gasteiger partial charge in [0.25, 0.3) is 5.91 Å². The van der Waals surface area contributed by atoms with Gasteiger partial charge in [0, 0.05) is 36.2 Å². The number of halogens is 3. The van der Waals surface area contributed by atoms with Gasteiger partial charge in [-0.1, -0.05) is 31.4 Å². The lowest BCUT2D eigenvalue weighted by atomic mass is 9.85. The number of amides is 1. The third-order valence-corrected chi connectivity index (χ3v) is 7.12. The Bertz CT molecular complexity index is 1280. The van der Waals surface area contributed by atoms with Gasteiger partial charge in [-0.05, 0) is 62.2 Å². The molecule has 0 aliphatic heterocycles. The van der Waals surface area contributed by atoms with Crippen molar-refractivity contribution in [2.75, 3.05) is 13.6 Å². The number of benzene rings is 2. The Morgan fingerprint density at radius 2 is 1.69 bits per heavy atom. The van der Waals surface area contributed by atoms with Gasteiger partial charge >= 0.3 is 12.1 Å². The number of nitrogens with zero attached hydrogens (tertiary/aromatic N) is 1. The fourth-order valence-corrected chi connectivity index (χ4v) is 4.92. The number of carbonyl (C=O) groups excluding carboxylic acids is 1. The van der Waals surface area contributed by atoms with E-state index >= 15 is 0 Å². The topological polar surface area (TPSA) is 80.0 Å². The van der Waals surface area contributed by atoms with Gasteiger partial charge in [0.1, 0.15) is 23.4 Å². The Morgan fingerprint density at radius 3 is 2.28 bits per heavy atom. The van der Waals surface area contributed by atoms with Crippen LogP contribution in [0, 0.1) is 0 Å². The molecule has 1 N–H and O–H groups in total. The van der Waals surface area contributed by atoms with Crippen LogP contribution in [0.4, 0.5) is 13.2 Å². The Kier molecular flexibility index (Phi) is 8.67. The lowest BCUT2D eigenvalue weighted by molar-refractivity contribution is -0.138. The van der Waals surface area contributed by atoms with Crippen LogP contribution in [0.15, 0.2) is 59.0 Å². The lowest BCUT2D eigenvalue weighted by Gasteiger charge is -2.23. The molecular formula is C30H32F3NO5. The molecule has 0 radical (unpaired) electrons. The maximum absolute atomic E-state index is 13.0. The van der Waals surface area contributed by atoms with Crippen molar-refractivity contribution in [3.05, 3.63) is 77.0 Å². The summed E-state index contributed by atoms with van der Waals surface area (Å²) in [4.78, 5) is 24.7. The summed E-state index contributed by atoms with van der Waals surface area (Å²) >= 11 is 0. The van der Waals surface area contributed by atoms with E-state index < -0.39 is 23.8 Å². The molecule has 39 heavy (non-hydrogen) atoms. The van der Waals surface area contributed by atoms with Gasteiger partial charge in [-0.15, -0.1) is 0 Å². The van der Waals surface area contributed by atoms with Crippen LogP contribution in [0.25, 0.3) is 11.3 Å². The molecule has 1 fully saturated rings. The van der Waals surface area contributed by atoms with E-state index in [0.29, 0.717) is 22.6 Å².